The lowest BCUT2D eigenvalue weighted by Gasteiger charge is -2.31. The predicted molar refractivity (Wildman–Crippen MR) is 117 cm³/mol. The number of likely N-dealkylation sites (tertiary alicyclic amines) is 1. The minimum atomic E-state index is -0.554. The summed E-state index contributed by atoms with van der Waals surface area (Å²) in [5.41, 5.74) is 0.509. The van der Waals surface area contributed by atoms with Gasteiger partial charge in [0.05, 0.1) is 10.0 Å². The lowest BCUT2D eigenvalue weighted by molar-refractivity contribution is 0.0233. The first kappa shape index (κ1) is 23.6. The second-order valence-corrected chi connectivity index (χ2v) is 9.16. The molecule has 3 amide bonds. The Morgan fingerprint density at radius 2 is 1.93 bits per heavy atom. The molecule has 0 saturated carbocycles. The number of halogens is 2. The van der Waals surface area contributed by atoms with Crippen LogP contribution in [0.5, 0.6) is 0 Å². The van der Waals surface area contributed by atoms with Gasteiger partial charge in [0, 0.05) is 32.1 Å². The molecule has 1 saturated heterocycles. The van der Waals surface area contributed by atoms with Crippen LogP contribution in [-0.4, -0.2) is 48.8 Å². The third-order valence-corrected chi connectivity index (χ3v) is 5.59. The fourth-order valence-corrected chi connectivity index (χ4v) is 3.87. The zero-order chi connectivity index (χ0) is 21.6. The van der Waals surface area contributed by atoms with Crippen LogP contribution in [0.2, 0.25) is 10.0 Å². The van der Waals surface area contributed by atoms with Gasteiger partial charge in [0.25, 0.3) is 0 Å². The van der Waals surface area contributed by atoms with Crippen LogP contribution in [0.4, 0.5) is 9.59 Å². The fraction of sp³-hybridized carbons (Fsp3) is 0.619. The van der Waals surface area contributed by atoms with Crippen LogP contribution in [0.25, 0.3) is 0 Å². The number of nitrogens with zero attached hydrogens (tertiary/aromatic N) is 1. The van der Waals surface area contributed by atoms with E-state index in [4.69, 9.17) is 27.9 Å². The number of urea groups is 1. The van der Waals surface area contributed by atoms with Crippen molar-refractivity contribution in [2.45, 2.75) is 52.1 Å². The van der Waals surface area contributed by atoms with E-state index in [-0.39, 0.29) is 24.0 Å². The second-order valence-electron chi connectivity index (χ2n) is 8.35. The number of rotatable bonds is 4. The van der Waals surface area contributed by atoms with Crippen molar-refractivity contribution in [2.75, 3.05) is 26.2 Å². The summed E-state index contributed by atoms with van der Waals surface area (Å²) in [5.74, 6) is 0.156. The molecule has 1 aromatic rings. The predicted octanol–water partition coefficient (Wildman–Crippen LogP) is 5.04. The quantitative estimate of drug-likeness (QED) is 0.683. The van der Waals surface area contributed by atoms with Crippen molar-refractivity contribution in [3.63, 3.8) is 0 Å². The van der Waals surface area contributed by atoms with E-state index < -0.39 is 5.60 Å². The molecule has 2 N–H and O–H groups in total. The zero-order valence-corrected chi connectivity index (χ0v) is 19.1. The molecule has 1 aromatic carbocycles. The molecule has 1 aliphatic heterocycles. The minimum Gasteiger partial charge on any atom is -0.444 e. The van der Waals surface area contributed by atoms with Crippen molar-refractivity contribution in [3.05, 3.63) is 33.8 Å². The molecule has 0 spiro atoms. The Bertz CT molecular complexity index is 722. The van der Waals surface area contributed by atoms with Crippen LogP contribution in [0.15, 0.2) is 18.2 Å². The maximum Gasteiger partial charge on any atom is 0.410 e. The van der Waals surface area contributed by atoms with Crippen LogP contribution < -0.4 is 10.6 Å². The largest absolute Gasteiger partial charge is 0.444 e. The van der Waals surface area contributed by atoms with E-state index in [0.717, 1.165) is 18.4 Å². The van der Waals surface area contributed by atoms with E-state index in [2.05, 4.69) is 10.6 Å². The summed E-state index contributed by atoms with van der Waals surface area (Å²) in [5, 5.41) is 6.69. The van der Waals surface area contributed by atoms with E-state index in [0.29, 0.717) is 36.2 Å². The third-order valence-electron chi connectivity index (χ3n) is 4.85. The van der Waals surface area contributed by atoms with Gasteiger partial charge in [-0.25, -0.2) is 9.59 Å². The fourth-order valence-electron chi connectivity index (χ4n) is 3.57. The number of benzene rings is 1. The van der Waals surface area contributed by atoms with Crippen LogP contribution in [-0.2, 0) is 4.74 Å². The van der Waals surface area contributed by atoms with Gasteiger partial charge in [0.1, 0.15) is 5.60 Å². The molecule has 162 valence electrons. The molecule has 2 atom stereocenters. The monoisotopic (exact) mass is 443 g/mol. The van der Waals surface area contributed by atoms with Crippen molar-refractivity contribution in [1.82, 2.24) is 15.5 Å². The molecule has 0 radical (unpaired) electrons. The second kappa shape index (κ2) is 10.4. The Hall–Kier alpha value is -1.66. The van der Waals surface area contributed by atoms with Gasteiger partial charge >= 0.3 is 12.1 Å². The van der Waals surface area contributed by atoms with Crippen molar-refractivity contribution in [2.24, 2.45) is 5.92 Å². The van der Waals surface area contributed by atoms with Gasteiger partial charge in [-0.05, 0) is 64.2 Å². The number of ether oxygens (including phenoxy) is 1. The SMILES string of the molecule is CCNC(=O)NCC1CN(C(=O)OC(C)(C)C)CCCC1c1ccc(Cl)c(Cl)c1. The molecule has 29 heavy (non-hydrogen) atoms. The topological polar surface area (TPSA) is 70.7 Å². The van der Waals surface area contributed by atoms with Gasteiger partial charge in [-0.2, -0.15) is 0 Å². The number of nitrogens with one attached hydrogen (secondary N) is 2. The number of carbonyl (C=O) groups is 2. The summed E-state index contributed by atoms with van der Waals surface area (Å²) < 4.78 is 5.57. The summed E-state index contributed by atoms with van der Waals surface area (Å²) in [6.45, 7) is 9.54. The summed E-state index contributed by atoms with van der Waals surface area (Å²) >= 11 is 12.3. The molecule has 0 bridgehead atoms. The first-order chi connectivity index (χ1) is 13.6. The summed E-state index contributed by atoms with van der Waals surface area (Å²) in [4.78, 5) is 26.4. The Balaban J connectivity index is 2.22. The maximum atomic E-state index is 12.7. The van der Waals surface area contributed by atoms with E-state index in [1.807, 2.05) is 39.8 Å². The number of hydrogen-bond donors (Lipinski definition) is 2. The van der Waals surface area contributed by atoms with Gasteiger partial charge in [-0.15, -0.1) is 0 Å². The molecule has 8 heteroatoms. The molecule has 6 nitrogen and oxygen atoms in total. The Morgan fingerprint density at radius 3 is 2.55 bits per heavy atom. The molecule has 2 rings (SSSR count). The number of carbonyl (C=O) groups excluding carboxylic acids is 2. The van der Waals surface area contributed by atoms with Gasteiger partial charge in [0.15, 0.2) is 0 Å². The van der Waals surface area contributed by atoms with Crippen molar-refractivity contribution in [3.8, 4) is 0 Å². The maximum absolute atomic E-state index is 12.7. The van der Waals surface area contributed by atoms with Gasteiger partial charge < -0.3 is 20.3 Å². The first-order valence-corrected chi connectivity index (χ1v) is 10.8. The van der Waals surface area contributed by atoms with Crippen LogP contribution in [0.3, 0.4) is 0 Å². The first-order valence-electron chi connectivity index (χ1n) is 10.0. The highest BCUT2D eigenvalue weighted by Crippen LogP contribution is 2.36. The Morgan fingerprint density at radius 1 is 1.21 bits per heavy atom. The molecule has 0 aliphatic carbocycles. The van der Waals surface area contributed by atoms with Gasteiger partial charge in [-0.1, -0.05) is 29.3 Å². The van der Waals surface area contributed by atoms with Gasteiger partial charge in [-0.3, -0.25) is 0 Å². The summed E-state index contributed by atoms with van der Waals surface area (Å²) in [7, 11) is 0. The standard InChI is InChI=1S/C21H31Cl2N3O3/c1-5-24-19(27)25-12-15-13-26(20(28)29-21(2,3)4)10-6-7-16(15)14-8-9-17(22)18(23)11-14/h8-9,11,15-16H,5-7,10,12-13H2,1-4H3,(H2,24,25,27). The highest BCUT2D eigenvalue weighted by atomic mass is 35.5. The van der Waals surface area contributed by atoms with E-state index >= 15 is 0 Å². The molecular formula is C21H31Cl2N3O3. The molecule has 1 fully saturated rings. The average molecular weight is 444 g/mol. The normalized spacial score (nSPS) is 20.0. The minimum absolute atomic E-state index is 0.0184. The Labute approximate surface area is 183 Å². The third kappa shape index (κ3) is 7.27. The van der Waals surface area contributed by atoms with E-state index in [1.165, 1.54) is 0 Å². The van der Waals surface area contributed by atoms with Crippen LogP contribution in [0.1, 0.15) is 52.0 Å². The van der Waals surface area contributed by atoms with Crippen molar-refractivity contribution < 1.29 is 14.3 Å². The molecule has 2 unspecified atom stereocenters. The van der Waals surface area contributed by atoms with Crippen LogP contribution in [0, 0.1) is 5.92 Å². The van der Waals surface area contributed by atoms with Crippen molar-refractivity contribution in [1.29, 1.82) is 0 Å². The highest BCUT2D eigenvalue weighted by molar-refractivity contribution is 6.42. The molecule has 0 aromatic heterocycles. The van der Waals surface area contributed by atoms with Gasteiger partial charge in [0.2, 0.25) is 0 Å². The van der Waals surface area contributed by atoms with Crippen molar-refractivity contribution >= 4 is 35.3 Å². The lowest BCUT2D eigenvalue weighted by atomic mass is 9.83. The number of hydrogen-bond acceptors (Lipinski definition) is 3. The lowest BCUT2D eigenvalue weighted by Crippen LogP contribution is -2.44. The average Bonchev–Trinajstić information content (AvgIpc) is 2.84. The molecule has 1 aliphatic rings. The molecule has 1 heterocycles. The summed E-state index contributed by atoms with van der Waals surface area (Å²) in [6, 6.07) is 5.44. The zero-order valence-electron chi connectivity index (χ0n) is 17.6. The molecular weight excluding hydrogens is 413 g/mol. The van der Waals surface area contributed by atoms with E-state index in [9.17, 15) is 9.59 Å². The Kier molecular flexibility index (Phi) is 8.46. The van der Waals surface area contributed by atoms with Crippen LogP contribution >= 0.6 is 23.2 Å². The smallest absolute Gasteiger partial charge is 0.410 e. The van der Waals surface area contributed by atoms with E-state index in [1.54, 1.807) is 11.0 Å². The highest BCUT2D eigenvalue weighted by Gasteiger charge is 2.32. The number of amides is 3. The summed E-state index contributed by atoms with van der Waals surface area (Å²) in [6.07, 6.45) is 1.39.